The lowest BCUT2D eigenvalue weighted by atomic mass is 10.1. The molecule has 0 aliphatic heterocycles. The lowest BCUT2D eigenvalue weighted by molar-refractivity contribution is 0.0527. The summed E-state index contributed by atoms with van der Waals surface area (Å²) in [4.78, 5) is 25.8. The van der Waals surface area contributed by atoms with Crippen molar-refractivity contribution >= 4 is 17.6 Å². The van der Waals surface area contributed by atoms with Gasteiger partial charge in [-0.1, -0.05) is 12.1 Å². The summed E-state index contributed by atoms with van der Waals surface area (Å²) in [5, 5.41) is 0. The summed E-state index contributed by atoms with van der Waals surface area (Å²) < 4.78 is 10.2. The number of amides is 1. The summed E-state index contributed by atoms with van der Waals surface area (Å²) in [5.41, 5.74) is 1.30. The molecule has 0 atom stereocenters. The summed E-state index contributed by atoms with van der Waals surface area (Å²) in [5.74, 6) is -0.0369. The molecule has 0 bridgehead atoms. The van der Waals surface area contributed by atoms with Gasteiger partial charge in [0, 0.05) is 7.05 Å². The Hall–Kier alpha value is -2.56. The van der Waals surface area contributed by atoms with E-state index >= 15 is 0 Å². The summed E-state index contributed by atoms with van der Waals surface area (Å²) in [6.07, 6.45) is 1.40. The molecule has 0 radical (unpaired) electrons. The van der Waals surface area contributed by atoms with Gasteiger partial charge >= 0.3 is 5.97 Å². The molecule has 2 aromatic rings. The lowest BCUT2D eigenvalue weighted by Gasteiger charge is -2.19. The van der Waals surface area contributed by atoms with E-state index < -0.39 is 5.97 Å². The van der Waals surface area contributed by atoms with Crippen LogP contribution in [0.4, 0.5) is 5.69 Å². The maximum atomic E-state index is 12.4. The molecule has 21 heavy (non-hydrogen) atoms. The molecule has 5 nitrogen and oxygen atoms in total. The van der Waals surface area contributed by atoms with Gasteiger partial charge in [0.1, 0.15) is 12.0 Å². The third-order valence-corrected chi connectivity index (χ3v) is 3.04. The second-order valence-electron chi connectivity index (χ2n) is 4.55. The molecule has 0 saturated carbocycles. The highest BCUT2D eigenvalue weighted by molar-refractivity contribution is 6.09. The van der Waals surface area contributed by atoms with Crippen LogP contribution < -0.4 is 4.90 Å². The SMILES string of the molecule is CCOC(=O)c1ccccc1N(C)C(=O)c1coc(C)c1. The highest BCUT2D eigenvalue weighted by Gasteiger charge is 2.21. The Morgan fingerprint density at radius 2 is 2.00 bits per heavy atom. The summed E-state index contributed by atoms with van der Waals surface area (Å²) in [6, 6.07) is 8.50. The number of rotatable bonds is 4. The van der Waals surface area contributed by atoms with Crippen LogP contribution in [0.5, 0.6) is 0 Å². The van der Waals surface area contributed by atoms with E-state index in [0.29, 0.717) is 22.6 Å². The zero-order valence-electron chi connectivity index (χ0n) is 12.3. The molecule has 1 aromatic carbocycles. The Bertz CT molecular complexity index is 660. The van der Waals surface area contributed by atoms with Crippen molar-refractivity contribution in [3.8, 4) is 0 Å². The van der Waals surface area contributed by atoms with Crippen LogP contribution in [-0.2, 0) is 4.74 Å². The van der Waals surface area contributed by atoms with Crippen molar-refractivity contribution in [3.63, 3.8) is 0 Å². The first-order valence-electron chi connectivity index (χ1n) is 6.64. The molecule has 0 aliphatic rings. The Balaban J connectivity index is 2.33. The first-order valence-corrected chi connectivity index (χ1v) is 6.64. The quantitative estimate of drug-likeness (QED) is 0.811. The number of benzene rings is 1. The topological polar surface area (TPSA) is 59.8 Å². The smallest absolute Gasteiger partial charge is 0.340 e. The second kappa shape index (κ2) is 6.26. The standard InChI is InChI=1S/C16H17NO4/c1-4-20-16(19)13-7-5-6-8-14(13)17(3)15(18)12-9-11(2)21-10-12/h5-10H,4H2,1-3H3. The Labute approximate surface area is 123 Å². The van der Waals surface area contributed by atoms with Gasteiger partial charge in [0.2, 0.25) is 0 Å². The number of hydrogen-bond donors (Lipinski definition) is 0. The van der Waals surface area contributed by atoms with Crippen LogP contribution in [0.1, 0.15) is 33.4 Å². The molecule has 0 saturated heterocycles. The van der Waals surface area contributed by atoms with Crippen molar-refractivity contribution in [3.05, 3.63) is 53.5 Å². The Kier molecular flexibility index (Phi) is 4.42. The molecule has 1 amide bonds. The molecule has 0 fully saturated rings. The molecule has 0 spiro atoms. The monoisotopic (exact) mass is 287 g/mol. The van der Waals surface area contributed by atoms with Gasteiger partial charge in [-0.2, -0.15) is 0 Å². The van der Waals surface area contributed by atoms with Crippen LogP contribution >= 0.6 is 0 Å². The van der Waals surface area contributed by atoms with Gasteiger partial charge in [0.25, 0.3) is 5.91 Å². The summed E-state index contributed by atoms with van der Waals surface area (Å²) >= 11 is 0. The highest BCUT2D eigenvalue weighted by Crippen LogP contribution is 2.22. The van der Waals surface area contributed by atoms with Gasteiger partial charge in [0.15, 0.2) is 0 Å². The van der Waals surface area contributed by atoms with Gasteiger partial charge in [0.05, 0.1) is 23.4 Å². The van der Waals surface area contributed by atoms with E-state index in [1.807, 2.05) is 0 Å². The van der Waals surface area contributed by atoms with Crippen molar-refractivity contribution < 1.29 is 18.7 Å². The fourth-order valence-electron chi connectivity index (χ4n) is 2.01. The number of furan rings is 1. The predicted molar refractivity (Wildman–Crippen MR) is 78.6 cm³/mol. The van der Waals surface area contributed by atoms with E-state index in [1.54, 1.807) is 51.2 Å². The Morgan fingerprint density at radius 1 is 1.29 bits per heavy atom. The maximum Gasteiger partial charge on any atom is 0.340 e. The molecule has 1 heterocycles. The van der Waals surface area contributed by atoms with Gasteiger partial charge in [-0.3, -0.25) is 4.79 Å². The normalized spacial score (nSPS) is 10.2. The molecule has 1 aromatic heterocycles. The number of nitrogens with zero attached hydrogens (tertiary/aromatic N) is 1. The molecule has 5 heteroatoms. The van der Waals surface area contributed by atoms with E-state index in [0.717, 1.165) is 0 Å². The van der Waals surface area contributed by atoms with Crippen molar-refractivity contribution in [2.75, 3.05) is 18.6 Å². The minimum atomic E-state index is -0.448. The molecule has 110 valence electrons. The van der Waals surface area contributed by atoms with Crippen LogP contribution in [0.25, 0.3) is 0 Å². The average Bonchev–Trinajstić information content (AvgIpc) is 2.92. The third-order valence-electron chi connectivity index (χ3n) is 3.04. The molecule has 0 N–H and O–H groups in total. The van der Waals surface area contributed by atoms with Crippen molar-refractivity contribution in [2.24, 2.45) is 0 Å². The minimum Gasteiger partial charge on any atom is -0.469 e. The van der Waals surface area contributed by atoms with Crippen LogP contribution in [0.2, 0.25) is 0 Å². The lowest BCUT2D eigenvalue weighted by Crippen LogP contribution is -2.27. The third kappa shape index (κ3) is 3.13. The average molecular weight is 287 g/mol. The van der Waals surface area contributed by atoms with Crippen molar-refractivity contribution in [2.45, 2.75) is 13.8 Å². The van der Waals surface area contributed by atoms with Crippen LogP contribution in [0.3, 0.4) is 0 Å². The number of anilines is 1. The highest BCUT2D eigenvalue weighted by atomic mass is 16.5. The Morgan fingerprint density at radius 3 is 2.62 bits per heavy atom. The first kappa shape index (κ1) is 14.8. The largest absolute Gasteiger partial charge is 0.469 e. The zero-order chi connectivity index (χ0) is 15.4. The number of para-hydroxylation sites is 1. The predicted octanol–water partition coefficient (Wildman–Crippen LogP) is 3.04. The van der Waals surface area contributed by atoms with E-state index in [4.69, 9.17) is 9.15 Å². The molecule has 0 aliphatic carbocycles. The number of carbonyl (C=O) groups excluding carboxylic acids is 2. The maximum absolute atomic E-state index is 12.4. The summed E-state index contributed by atoms with van der Waals surface area (Å²) in [6.45, 7) is 3.79. The van der Waals surface area contributed by atoms with Gasteiger partial charge < -0.3 is 14.1 Å². The number of aryl methyl sites for hydroxylation is 1. The summed E-state index contributed by atoms with van der Waals surface area (Å²) in [7, 11) is 1.61. The number of hydrogen-bond acceptors (Lipinski definition) is 4. The van der Waals surface area contributed by atoms with E-state index in [2.05, 4.69) is 0 Å². The number of esters is 1. The van der Waals surface area contributed by atoms with E-state index in [1.165, 1.54) is 11.2 Å². The van der Waals surface area contributed by atoms with Gasteiger partial charge in [-0.25, -0.2) is 4.79 Å². The fourth-order valence-corrected chi connectivity index (χ4v) is 2.01. The molecule has 2 rings (SSSR count). The first-order chi connectivity index (χ1) is 10.0. The van der Waals surface area contributed by atoms with Crippen molar-refractivity contribution in [1.29, 1.82) is 0 Å². The number of carbonyl (C=O) groups is 2. The number of ether oxygens (including phenoxy) is 1. The van der Waals surface area contributed by atoms with Gasteiger partial charge in [-0.05, 0) is 32.0 Å². The molecular weight excluding hydrogens is 270 g/mol. The van der Waals surface area contributed by atoms with E-state index in [-0.39, 0.29) is 12.5 Å². The van der Waals surface area contributed by atoms with Crippen LogP contribution in [0, 0.1) is 6.92 Å². The van der Waals surface area contributed by atoms with E-state index in [9.17, 15) is 9.59 Å². The minimum absolute atomic E-state index is 0.247. The zero-order valence-corrected chi connectivity index (χ0v) is 12.3. The van der Waals surface area contributed by atoms with Crippen molar-refractivity contribution in [1.82, 2.24) is 0 Å². The molecular formula is C16H17NO4. The van der Waals surface area contributed by atoms with Crippen LogP contribution in [0.15, 0.2) is 41.0 Å². The second-order valence-corrected chi connectivity index (χ2v) is 4.55. The van der Waals surface area contributed by atoms with Gasteiger partial charge in [-0.15, -0.1) is 0 Å². The fraction of sp³-hybridized carbons (Fsp3) is 0.250. The van der Waals surface area contributed by atoms with Crippen LogP contribution in [-0.4, -0.2) is 25.5 Å². The molecule has 0 unspecified atom stereocenters.